The van der Waals surface area contributed by atoms with Crippen molar-refractivity contribution < 1.29 is 9.90 Å². The molecule has 0 aromatic heterocycles. The fraction of sp³-hybridized carbons (Fsp3) is 0. The van der Waals surface area contributed by atoms with Crippen LogP contribution in [0.1, 0.15) is 10.4 Å². The third-order valence-corrected chi connectivity index (χ3v) is 2.42. The van der Waals surface area contributed by atoms with Gasteiger partial charge in [-0.25, -0.2) is 0 Å². The van der Waals surface area contributed by atoms with Crippen LogP contribution in [0.15, 0.2) is 82.9 Å². The highest BCUT2D eigenvalue weighted by Gasteiger charge is 2.11. The smallest absolute Gasteiger partial charge is 0.216 e. The van der Waals surface area contributed by atoms with Crippen molar-refractivity contribution in [3.05, 3.63) is 78.2 Å². The van der Waals surface area contributed by atoms with Crippen LogP contribution in [0, 0.1) is 0 Å². The minimum atomic E-state index is -0.372. The number of azo groups is 1. The Morgan fingerprint density at radius 3 is 2.11 bits per heavy atom. The topological polar surface area (TPSA) is 62.0 Å². The Balaban J connectivity index is 2.18. The van der Waals surface area contributed by atoms with Gasteiger partial charge < -0.3 is 5.11 Å². The zero-order valence-electron chi connectivity index (χ0n) is 10.1. The lowest BCUT2D eigenvalue weighted by Gasteiger charge is -1.99. The van der Waals surface area contributed by atoms with Crippen molar-refractivity contribution in [2.75, 3.05) is 0 Å². The summed E-state index contributed by atoms with van der Waals surface area (Å²) in [6.45, 7) is 0. The molecular formula is C15H12N2O2. The average Bonchev–Trinajstić information content (AvgIpc) is 2.49. The summed E-state index contributed by atoms with van der Waals surface area (Å²) in [5.74, 6) is -0.372. The van der Waals surface area contributed by atoms with Gasteiger partial charge in [-0.15, -0.1) is 5.11 Å². The number of benzene rings is 2. The van der Waals surface area contributed by atoms with E-state index in [2.05, 4.69) is 10.2 Å². The molecule has 2 aromatic rings. The van der Waals surface area contributed by atoms with E-state index < -0.39 is 0 Å². The van der Waals surface area contributed by atoms with E-state index in [1.165, 1.54) is 0 Å². The van der Waals surface area contributed by atoms with Gasteiger partial charge in [0.15, 0.2) is 5.70 Å². The summed E-state index contributed by atoms with van der Waals surface area (Å²) >= 11 is 0. The van der Waals surface area contributed by atoms with Crippen LogP contribution in [-0.4, -0.2) is 10.9 Å². The zero-order chi connectivity index (χ0) is 13.5. The van der Waals surface area contributed by atoms with Gasteiger partial charge in [-0.3, -0.25) is 4.79 Å². The van der Waals surface area contributed by atoms with Crippen LogP contribution >= 0.6 is 0 Å². The van der Waals surface area contributed by atoms with Crippen LogP contribution in [0.5, 0.6) is 0 Å². The maximum absolute atomic E-state index is 12.0. The largest absolute Gasteiger partial charge is 0.513 e. The Hall–Kier alpha value is -2.75. The van der Waals surface area contributed by atoms with E-state index in [-0.39, 0.29) is 11.5 Å². The summed E-state index contributed by atoms with van der Waals surface area (Å²) < 4.78 is 0. The van der Waals surface area contributed by atoms with Gasteiger partial charge in [-0.05, 0) is 12.1 Å². The lowest BCUT2D eigenvalue weighted by atomic mass is 10.1. The number of hydrogen-bond donors (Lipinski definition) is 1. The number of hydrogen-bond acceptors (Lipinski definition) is 4. The number of allylic oxidation sites excluding steroid dienone is 1. The van der Waals surface area contributed by atoms with E-state index in [0.717, 1.165) is 0 Å². The summed E-state index contributed by atoms with van der Waals surface area (Å²) in [6.07, 6.45) is 0.668. The van der Waals surface area contributed by atoms with Gasteiger partial charge in [0.25, 0.3) is 0 Å². The van der Waals surface area contributed by atoms with E-state index in [9.17, 15) is 4.79 Å². The number of Topliss-reactive ketones (excluding diaryl/α,β-unsaturated/α-hetero) is 1. The molecule has 0 radical (unpaired) electrons. The molecule has 0 heterocycles. The highest BCUT2D eigenvalue weighted by molar-refractivity contribution is 6.08. The van der Waals surface area contributed by atoms with Crippen molar-refractivity contribution in [1.29, 1.82) is 0 Å². The highest BCUT2D eigenvalue weighted by atomic mass is 16.2. The molecule has 0 atom stereocenters. The normalized spacial score (nSPS) is 11.7. The van der Waals surface area contributed by atoms with Gasteiger partial charge in [-0.2, -0.15) is 5.11 Å². The second-order valence-electron chi connectivity index (χ2n) is 3.75. The Morgan fingerprint density at radius 2 is 1.53 bits per heavy atom. The van der Waals surface area contributed by atoms with Crippen LogP contribution in [0.4, 0.5) is 5.69 Å². The molecule has 0 bridgehead atoms. The third-order valence-electron chi connectivity index (χ3n) is 2.42. The molecule has 0 unspecified atom stereocenters. The molecule has 4 heteroatoms. The van der Waals surface area contributed by atoms with E-state index in [4.69, 9.17) is 5.11 Å². The predicted octanol–water partition coefficient (Wildman–Crippen LogP) is 4.05. The summed E-state index contributed by atoms with van der Waals surface area (Å²) in [7, 11) is 0. The van der Waals surface area contributed by atoms with Gasteiger partial charge in [-0.1, -0.05) is 48.5 Å². The number of carbonyl (C=O) groups is 1. The molecule has 94 valence electrons. The Kier molecular flexibility index (Phi) is 4.18. The standard InChI is InChI=1S/C15H12N2O2/c18-11-14(15(19)12-7-3-1-4-8-12)17-16-13-9-5-2-6-10-13/h1-11,18H/b14-11-,17-16?. The van der Waals surface area contributed by atoms with Gasteiger partial charge >= 0.3 is 0 Å². The second-order valence-corrected chi connectivity index (χ2v) is 3.75. The van der Waals surface area contributed by atoms with Crippen molar-refractivity contribution in [3.63, 3.8) is 0 Å². The molecule has 2 rings (SSSR count). The summed E-state index contributed by atoms with van der Waals surface area (Å²) in [6, 6.07) is 17.6. The number of nitrogens with zero attached hydrogens (tertiary/aromatic N) is 2. The number of aliphatic hydroxyl groups is 1. The molecule has 0 saturated heterocycles. The van der Waals surface area contributed by atoms with Gasteiger partial charge in [0.1, 0.15) is 6.26 Å². The van der Waals surface area contributed by atoms with Crippen molar-refractivity contribution in [2.45, 2.75) is 0 Å². The number of carbonyl (C=O) groups excluding carboxylic acids is 1. The van der Waals surface area contributed by atoms with Gasteiger partial charge in [0.05, 0.1) is 5.69 Å². The van der Waals surface area contributed by atoms with Crippen molar-refractivity contribution in [2.24, 2.45) is 10.2 Å². The van der Waals surface area contributed by atoms with Crippen molar-refractivity contribution in [1.82, 2.24) is 0 Å². The first-order chi connectivity index (χ1) is 9.31. The molecule has 0 spiro atoms. The van der Waals surface area contributed by atoms with Crippen molar-refractivity contribution >= 4 is 11.5 Å². The third kappa shape index (κ3) is 3.35. The minimum Gasteiger partial charge on any atom is -0.513 e. The lowest BCUT2D eigenvalue weighted by molar-refractivity contribution is 0.102. The molecule has 0 amide bonds. The first-order valence-electron chi connectivity index (χ1n) is 5.72. The molecule has 0 saturated carbocycles. The summed E-state index contributed by atoms with van der Waals surface area (Å²) in [4.78, 5) is 12.0. The maximum Gasteiger partial charge on any atom is 0.216 e. The van der Waals surface area contributed by atoms with E-state index in [0.29, 0.717) is 17.5 Å². The van der Waals surface area contributed by atoms with Crippen LogP contribution < -0.4 is 0 Å². The predicted molar refractivity (Wildman–Crippen MR) is 72.4 cm³/mol. The van der Waals surface area contributed by atoms with Gasteiger partial charge in [0.2, 0.25) is 5.78 Å². The molecule has 0 aliphatic carbocycles. The fourth-order valence-electron chi connectivity index (χ4n) is 1.47. The number of aliphatic hydroxyl groups excluding tert-OH is 1. The average molecular weight is 252 g/mol. The second kappa shape index (κ2) is 6.26. The Bertz CT molecular complexity index is 605. The number of rotatable bonds is 4. The van der Waals surface area contributed by atoms with Crippen LogP contribution in [-0.2, 0) is 0 Å². The van der Waals surface area contributed by atoms with Crippen molar-refractivity contribution in [3.8, 4) is 0 Å². The summed E-state index contributed by atoms with van der Waals surface area (Å²) in [5.41, 5.74) is 0.965. The molecule has 2 aromatic carbocycles. The molecule has 1 N–H and O–H groups in total. The van der Waals surface area contributed by atoms with Crippen LogP contribution in [0.25, 0.3) is 0 Å². The Labute approximate surface area is 110 Å². The lowest BCUT2D eigenvalue weighted by Crippen LogP contribution is -2.00. The quantitative estimate of drug-likeness (QED) is 0.386. The monoisotopic (exact) mass is 252 g/mol. The Morgan fingerprint density at radius 1 is 0.947 bits per heavy atom. The zero-order valence-corrected chi connectivity index (χ0v) is 10.1. The molecule has 0 aliphatic rings. The maximum atomic E-state index is 12.0. The van der Waals surface area contributed by atoms with E-state index in [1.54, 1.807) is 36.4 Å². The molecular weight excluding hydrogens is 240 g/mol. The van der Waals surface area contributed by atoms with Crippen LogP contribution in [0.2, 0.25) is 0 Å². The fourth-order valence-corrected chi connectivity index (χ4v) is 1.47. The van der Waals surface area contributed by atoms with Gasteiger partial charge in [0, 0.05) is 5.56 Å². The van der Waals surface area contributed by atoms with E-state index >= 15 is 0 Å². The molecule has 0 aliphatic heterocycles. The van der Waals surface area contributed by atoms with Crippen LogP contribution in [0.3, 0.4) is 0 Å². The molecule has 0 fully saturated rings. The number of ketones is 1. The van der Waals surface area contributed by atoms with E-state index in [1.807, 2.05) is 24.3 Å². The first-order valence-corrected chi connectivity index (χ1v) is 5.72. The molecule has 19 heavy (non-hydrogen) atoms. The first kappa shape index (κ1) is 12.7. The minimum absolute atomic E-state index is 0.102. The molecule has 4 nitrogen and oxygen atoms in total. The highest BCUT2D eigenvalue weighted by Crippen LogP contribution is 2.15. The SMILES string of the molecule is O=C(/C(=C/O)N=Nc1ccccc1)c1ccccc1. The summed E-state index contributed by atoms with van der Waals surface area (Å²) in [5, 5.41) is 16.8.